The summed E-state index contributed by atoms with van der Waals surface area (Å²) in [6.07, 6.45) is 3.33. The molecule has 0 radical (unpaired) electrons. The second-order valence-electron chi connectivity index (χ2n) is 3.04. The second-order valence-corrected chi connectivity index (χ2v) is 4.08. The predicted molar refractivity (Wildman–Crippen MR) is 64.6 cm³/mol. The van der Waals surface area contributed by atoms with Crippen LogP contribution in [0, 0.1) is 0 Å². The maximum atomic E-state index is 4.23. The standard InChI is InChI=1S/C11H12N4S/c1-2-12-9-7-11(15-8-14-9)16-10-5-3-4-6-13-10/h3-8H,2H2,1H3,(H,12,14,15). The predicted octanol–water partition coefficient (Wildman–Crippen LogP) is 2.45. The van der Waals surface area contributed by atoms with E-state index in [2.05, 4.69) is 20.3 Å². The number of aromatic nitrogens is 3. The van der Waals surface area contributed by atoms with Crippen molar-refractivity contribution in [2.45, 2.75) is 17.0 Å². The van der Waals surface area contributed by atoms with E-state index in [-0.39, 0.29) is 0 Å². The van der Waals surface area contributed by atoms with E-state index in [1.165, 1.54) is 11.8 Å². The topological polar surface area (TPSA) is 50.7 Å². The Hall–Kier alpha value is -1.62. The van der Waals surface area contributed by atoms with Gasteiger partial charge in [0.15, 0.2) is 0 Å². The van der Waals surface area contributed by atoms with Crippen LogP contribution in [0.1, 0.15) is 6.92 Å². The van der Waals surface area contributed by atoms with Gasteiger partial charge in [0.1, 0.15) is 22.2 Å². The fourth-order valence-corrected chi connectivity index (χ4v) is 1.93. The zero-order valence-corrected chi connectivity index (χ0v) is 9.74. The lowest BCUT2D eigenvalue weighted by atomic mass is 10.5. The number of pyridine rings is 1. The minimum Gasteiger partial charge on any atom is -0.370 e. The lowest BCUT2D eigenvalue weighted by Gasteiger charge is -2.03. The van der Waals surface area contributed by atoms with Crippen LogP contribution in [-0.2, 0) is 0 Å². The zero-order chi connectivity index (χ0) is 11.2. The first-order chi connectivity index (χ1) is 7.88. The summed E-state index contributed by atoms with van der Waals surface area (Å²) < 4.78 is 0. The van der Waals surface area contributed by atoms with Crippen molar-refractivity contribution in [1.82, 2.24) is 15.0 Å². The lowest BCUT2D eigenvalue weighted by Crippen LogP contribution is -1.99. The van der Waals surface area contributed by atoms with Crippen LogP contribution >= 0.6 is 11.8 Å². The number of hydrogen-bond donors (Lipinski definition) is 1. The summed E-state index contributed by atoms with van der Waals surface area (Å²) in [6, 6.07) is 7.73. The van der Waals surface area contributed by atoms with Gasteiger partial charge in [0.2, 0.25) is 0 Å². The van der Waals surface area contributed by atoms with E-state index in [9.17, 15) is 0 Å². The maximum Gasteiger partial charge on any atom is 0.130 e. The Kier molecular flexibility index (Phi) is 3.71. The Labute approximate surface area is 98.6 Å². The highest BCUT2D eigenvalue weighted by Crippen LogP contribution is 2.24. The van der Waals surface area contributed by atoms with Crippen molar-refractivity contribution >= 4 is 17.6 Å². The van der Waals surface area contributed by atoms with Crippen molar-refractivity contribution in [1.29, 1.82) is 0 Å². The van der Waals surface area contributed by atoms with Crippen LogP contribution in [0.3, 0.4) is 0 Å². The lowest BCUT2D eigenvalue weighted by molar-refractivity contribution is 1.02. The highest BCUT2D eigenvalue weighted by atomic mass is 32.2. The van der Waals surface area contributed by atoms with Crippen molar-refractivity contribution < 1.29 is 0 Å². The van der Waals surface area contributed by atoms with Gasteiger partial charge in [0.25, 0.3) is 0 Å². The third-order valence-corrected chi connectivity index (χ3v) is 2.73. The molecule has 16 heavy (non-hydrogen) atoms. The maximum absolute atomic E-state index is 4.23. The van der Waals surface area contributed by atoms with Gasteiger partial charge in [-0.1, -0.05) is 6.07 Å². The molecular weight excluding hydrogens is 220 g/mol. The number of rotatable bonds is 4. The molecule has 0 amide bonds. The highest BCUT2D eigenvalue weighted by molar-refractivity contribution is 7.99. The molecule has 5 heteroatoms. The van der Waals surface area contributed by atoms with Crippen molar-refractivity contribution in [3.63, 3.8) is 0 Å². The minimum absolute atomic E-state index is 0.843. The van der Waals surface area contributed by atoms with Gasteiger partial charge in [0.05, 0.1) is 0 Å². The molecule has 2 aromatic rings. The number of hydrogen-bond acceptors (Lipinski definition) is 5. The third kappa shape index (κ3) is 2.93. The van der Waals surface area contributed by atoms with Crippen LogP contribution in [0.15, 0.2) is 46.8 Å². The van der Waals surface area contributed by atoms with Crippen LogP contribution < -0.4 is 5.32 Å². The third-order valence-electron chi connectivity index (χ3n) is 1.85. The van der Waals surface area contributed by atoms with E-state index in [0.29, 0.717) is 0 Å². The molecule has 0 atom stereocenters. The van der Waals surface area contributed by atoms with Gasteiger partial charge in [-0.3, -0.25) is 0 Å². The molecule has 2 heterocycles. The summed E-state index contributed by atoms with van der Waals surface area (Å²) >= 11 is 1.53. The number of nitrogens with zero attached hydrogens (tertiary/aromatic N) is 3. The van der Waals surface area contributed by atoms with Gasteiger partial charge >= 0.3 is 0 Å². The second kappa shape index (κ2) is 5.46. The highest BCUT2D eigenvalue weighted by Gasteiger charge is 2.01. The SMILES string of the molecule is CCNc1cc(Sc2ccccn2)ncn1. The fourth-order valence-electron chi connectivity index (χ4n) is 1.19. The Morgan fingerprint density at radius 2 is 2.12 bits per heavy atom. The van der Waals surface area contributed by atoms with Crippen molar-refractivity contribution in [2.75, 3.05) is 11.9 Å². The van der Waals surface area contributed by atoms with Crippen LogP contribution in [0.2, 0.25) is 0 Å². The molecule has 1 N–H and O–H groups in total. The largest absolute Gasteiger partial charge is 0.370 e. The van der Waals surface area contributed by atoms with Crippen LogP contribution in [0.25, 0.3) is 0 Å². The quantitative estimate of drug-likeness (QED) is 0.821. The first-order valence-corrected chi connectivity index (χ1v) is 5.85. The molecule has 0 fully saturated rings. The molecule has 82 valence electrons. The van der Waals surface area contributed by atoms with Gasteiger partial charge in [0, 0.05) is 18.8 Å². The molecule has 0 saturated heterocycles. The van der Waals surface area contributed by atoms with Crippen LogP contribution in [0.5, 0.6) is 0 Å². The number of anilines is 1. The normalized spacial score (nSPS) is 10.1. The molecule has 0 aliphatic heterocycles. The first-order valence-electron chi connectivity index (χ1n) is 5.03. The molecule has 4 nitrogen and oxygen atoms in total. The number of nitrogens with one attached hydrogen (secondary N) is 1. The van der Waals surface area contributed by atoms with E-state index in [4.69, 9.17) is 0 Å². The van der Waals surface area contributed by atoms with E-state index < -0.39 is 0 Å². The molecular formula is C11H12N4S. The molecule has 0 bridgehead atoms. The van der Waals surface area contributed by atoms with Crippen molar-refractivity contribution in [3.05, 3.63) is 36.8 Å². The monoisotopic (exact) mass is 232 g/mol. The molecule has 2 aromatic heterocycles. The zero-order valence-electron chi connectivity index (χ0n) is 8.92. The van der Waals surface area contributed by atoms with Gasteiger partial charge in [-0.05, 0) is 30.8 Å². The summed E-state index contributed by atoms with van der Waals surface area (Å²) in [4.78, 5) is 12.5. The Morgan fingerprint density at radius 1 is 1.19 bits per heavy atom. The van der Waals surface area contributed by atoms with Crippen molar-refractivity contribution in [2.24, 2.45) is 0 Å². The summed E-state index contributed by atoms with van der Waals surface area (Å²) in [5.74, 6) is 0.843. The average Bonchev–Trinajstić information content (AvgIpc) is 2.31. The summed E-state index contributed by atoms with van der Waals surface area (Å²) in [5.41, 5.74) is 0. The van der Waals surface area contributed by atoms with Gasteiger partial charge in [-0.25, -0.2) is 15.0 Å². The molecule has 0 aromatic carbocycles. The minimum atomic E-state index is 0.843. The smallest absolute Gasteiger partial charge is 0.130 e. The molecule has 2 rings (SSSR count). The van der Waals surface area contributed by atoms with Crippen molar-refractivity contribution in [3.8, 4) is 0 Å². The molecule has 0 saturated carbocycles. The molecule has 0 unspecified atom stereocenters. The molecule has 0 spiro atoms. The fraction of sp³-hybridized carbons (Fsp3) is 0.182. The molecule has 0 aliphatic rings. The van der Waals surface area contributed by atoms with Gasteiger partial charge in [-0.15, -0.1) is 0 Å². The van der Waals surface area contributed by atoms with Gasteiger partial charge in [-0.2, -0.15) is 0 Å². The summed E-state index contributed by atoms with van der Waals surface area (Å²) in [5, 5.41) is 4.98. The van der Waals surface area contributed by atoms with E-state index in [0.717, 1.165) is 22.4 Å². The Bertz CT molecular complexity index is 447. The van der Waals surface area contributed by atoms with E-state index in [1.54, 1.807) is 12.5 Å². The van der Waals surface area contributed by atoms with E-state index >= 15 is 0 Å². The van der Waals surface area contributed by atoms with Crippen LogP contribution in [0.4, 0.5) is 5.82 Å². The average molecular weight is 232 g/mol. The first kappa shape index (κ1) is 10.9. The summed E-state index contributed by atoms with van der Waals surface area (Å²) in [7, 11) is 0. The van der Waals surface area contributed by atoms with E-state index in [1.807, 2.05) is 31.2 Å². The van der Waals surface area contributed by atoms with Gasteiger partial charge < -0.3 is 5.32 Å². The Balaban J connectivity index is 2.12. The molecule has 0 aliphatic carbocycles. The summed E-state index contributed by atoms with van der Waals surface area (Å²) in [6.45, 7) is 2.89. The van der Waals surface area contributed by atoms with Crippen LogP contribution in [-0.4, -0.2) is 21.5 Å². The Morgan fingerprint density at radius 3 is 2.88 bits per heavy atom.